The van der Waals surface area contributed by atoms with E-state index in [4.69, 9.17) is 10.7 Å². The van der Waals surface area contributed by atoms with E-state index in [-0.39, 0.29) is 16.8 Å². The van der Waals surface area contributed by atoms with Gasteiger partial charge in [0.05, 0.1) is 0 Å². The number of hydrogen-bond donors (Lipinski definition) is 1. The molecule has 1 N–H and O–H groups in total. The Kier molecular flexibility index (Phi) is 3.09. The first-order valence-corrected chi connectivity index (χ1v) is 8.71. The third-order valence-electron chi connectivity index (χ3n) is 3.53. The van der Waals surface area contributed by atoms with Gasteiger partial charge in [-0.15, -0.1) is 0 Å². The summed E-state index contributed by atoms with van der Waals surface area (Å²) in [5.74, 6) is 0.370. The third kappa shape index (κ3) is 2.95. The first-order valence-electron chi connectivity index (χ1n) is 6.40. The molecule has 2 aliphatic carbocycles. The van der Waals surface area contributed by atoms with E-state index in [2.05, 4.69) is 5.32 Å². The number of amides is 1. The number of carbonyl (C=O) groups is 1. The lowest BCUT2D eigenvalue weighted by Crippen LogP contribution is -2.27. The number of halogens is 1. The summed E-state index contributed by atoms with van der Waals surface area (Å²) in [6.07, 6.45) is 5.72. The van der Waals surface area contributed by atoms with Gasteiger partial charge >= 0.3 is 0 Å². The molecule has 1 amide bonds. The van der Waals surface area contributed by atoms with Crippen LogP contribution in [0.15, 0.2) is 17.2 Å². The summed E-state index contributed by atoms with van der Waals surface area (Å²) in [6.45, 7) is 0.664. The number of nitrogens with zero attached hydrogens (tertiary/aromatic N) is 1. The lowest BCUT2D eigenvalue weighted by molar-refractivity contribution is 0.0942. The first kappa shape index (κ1) is 13.0. The summed E-state index contributed by atoms with van der Waals surface area (Å²) in [7, 11) is 1.55. The van der Waals surface area contributed by atoms with Crippen LogP contribution >= 0.6 is 10.7 Å². The van der Waals surface area contributed by atoms with Gasteiger partial charge in [0.15, 0.2) is 0 Å². The zero-order chi connectivity index (χ0) is 13.6. The second-order valence-corrected chi connectivity index (χ2v) is 7.86. The van der Waals surface area contributed by atoms with Crippen LogP contribution in [0.5, 0.6) is 0 Å². The van der Waals surface area contributed by atoms with Gasteiger partial charge in [0.1, 0.15) is 10.6 Å². The molecule has 1 aromatic rings. The van der Waals surface area contributed by atoms with Crippen molar-refractivity contribution in [2.75, 3.05) is 6.54 Å². The van der Waals surface area contributed by atoms with Gasteiger partial charge < -0.3 is 9.88 Å². The van der Waals surface area contributed by atoms with Crippen LogP contribution < -0.4 is 5.32 Å². The van der Waals surface area contributed by atoms with Crippen molar-refractivity contribution >= 4 is 25.6 Å². The molecule has 2 saturated carbocycles. The largest absolute Gasteiger partial charge is 0.350 e. The van der Waals surface area contributed by atoms with Gasteiger partial charge in [-0.25, -0.2) is 8.42 Å². The van der Waals surface area contributed by atoms with Gasteiger partial charge in [-0.2, -0.15) is 0 Å². The van der Waals surface area contributed by atoms with Gasteiger partial charge in [0.25, 0.3) is 15.0 Å². The van der Waals surface area contributed by atoms with Crippen LogP contribution in [0.2, 0.25) is 0 Å². The fourth-order valence-electron chi connectivity index (χ4n) is 2.07. The highest BCUT2D eigenvalue weighted by molar-refractivity contribution is 8.13. The van der Waals surface area contributed by atoms with Crippen LogP contribution in [0.1, 0.15) is 42.2 Å². The molecule has 3 rings (SSSR count). The molecular formula is C12H15ClN2O3S. The molecule has 1 heterocycles. The maximum Gasteiger partial charge on any atom is 0.267 e. The molecule has 0 saturated heterocycles. The fraction of sp³-hybridized carbons (Fsp3) is 0.583. The summed E-state index contributed by atoms with van der Waals surface area (Å²) < 4.78 is 24.5. The third-order valence-corrected chi connectivity index (χ3v) is 4.85. The minimum absolute atomic E-state index is 0.00219. The molecule has 0 aliphatic heterocycles. The van der Waals surface area contributed by atoms with Crippen LogP contribution in [0.25, 0.3) is 0 Å². The smallest absolute Gasteiger partial charge is 0.267 e. The molecule has 0 unspecified atom stereocenters. The van der Waals surface area contributed by atoms with E-state index in [1.165, 1.54) is 12.3 Å². The van der Waals surface area contributed by atoms with E-state index in [0.29, 0.717) is 18.2 Å². The maximum absolute atomic E-state index is 12.1. The monoisotopic (exact) mass is 302 g/mol. The Hall–Kier alpha value is -1.01. The molecule has 104 valence electrons. The average Bonchev–Trinajstić information content (AvgIpc) is 3.23. The summed E-state index contributed by atoms with van der Waals surface area (Å²) in [5, 5.41) is 2.85. The number of hydrogen-bond acceptors (Lipinski definition) is 3. The van der Waals surface area contributed by atoms with Gasteiger partial charge in [-0.3, -0.25) is 4.79 Å². The quantitative estimate of drug-likeness (QED) is 0.845. The molecule has 0 radical (unpaired) electrons. The fourth-order valence-corrected chi connectivity index (χ4v) is 2.82. The standard InChI is InChI=1S/C12H15ClN2O3S/c13-19(17,18)10-5-11(15(7-10)9-3-4-9)12(16)14-6-8-1-2-8/h5,7-9H,1-4,6H2,(H,14,16). The van der Waals surface area contributed by atoms with E-state index in [1.807, 2.05) is 0 Å². The topological polar surface area (TPSA) is 68.2 Å². The van der Waals surface area contributed by atoms with Crippen LogP contribution in [0.4, 0.5) is 0 Å². The normalized spacial score (nSPS) is 19.4. The lowest BCUT2D eigenvalue weighted by atomic mass is 10.3. The van der Waals surface area contributed by atoms with Crippen molar-refractivity contribution < 1.29 is 13.2 Å². The Bertz CT molecular complexity index is 615. The van der Waals surface area contributed by atoms with E-state index < -0.39 is 9.05 Å². The van der Waals surface area contributed by atoms with Crippen LogP contribution in [-0.2, 0) is 9.05 Å². The van der Waals surface area contributed by atoms with Crippen LogP contribution in [0, 0.1) is 5.92 Å². The van der Waals surface area contributed by atoms with Crippen molar-refractivity contribution in [3.05, 3.63) is 18.0 Å². The Morgan fingerprint density at radius 2 is 2.05 bits per heavy atom. The Labute approximate surface area is 116 Å². The maximum atomic E-state index is 12.1. The molecule has 0 atom stereocenters. The average molecular weight is 303 g/mol. The molecule has 2 aliphatic rings. The minimum Gasteiger partial charge on any atom is -0.350 e. The van der Waals surface area contributed by atoms with Crippen molar-refractivity contribution in [2.45, 2.75) is 36.6 Å². The van der Waals surface area contributed by atoms with Gasteiger partial charge in [0, 0.05) is 29.5 Å². The molecule has 5 nitrogen and oxygen atoms in total. The molecular weight excluding hydrogens is 288 g/mol. The van der Waals surface area contributed by atoms with Gasteiger partial charge in [0.2, 0.25) is 0 Å². The van der Waals surface area contributed by atoms with E-state index in [9.17, 15) is 13.2 Å². The van der Waals surface area contributed by atoms with E-state index in [0.717, 1.165) is 25.7 Å². The first-order chi connectivity index (χ1) is 8.95. The van der Waals surface area contributed by atoms with Crippen molar-refractivity contribution in [2.24, 2.45) is 5.92 Å². The minimum atomic E-state index is -3.79. The molecule has 2 fully saturated rings. The van der Waals surface area contributed by atoms with E-state index in [1.54, 1.807) is 4.57 Å². The Morgan fingerprint density at radius 3 is 2.58 bits per heavy atom. The van der Waals surface area contributed by atoms with Gasteiger partial charge in [-0.05, 0) is 37.7 Å². The molecule has 1 aromatic heterocycles. The van der Waals surface area contributed by atoms with E-state index >= 15 is 0 Å². The number of carbonyl (C=O) groups excluding carboxylic acids is 1. The van der Waals surface area contributed by atoms with Crippen LogP contribution in [-0.4, -0.2) is 25.4 Å². The molecule has 0 spiro atoms. The second-order valence-electron chi connectivity index (χ2n) is 5.29. The van der Waals surface area contributed by atoms with Crippen LogP contribution in [0.3, 0.4) is 0 Å². The summed E-state index contributed by atoms with van der Waals surface area (Å²) in [4.78, 5) is 12.1. The molecule has 0 aromatic carbocycles. The highest BCUT2D eigenvalue weighted by Crippen LogP contribution is 2.37. The highest BCUT2D eigenvalue weighted by atomic mass is 35.7. The highest BCUT2D eigenvalue weighted by Gasteiger charge is 2.30. The second kappa shape index (κ2) is 4.52. The van der Waals surface area contributed by atoms with Gasteiger partial charge in [-0.1, -0.05) is 0 Å². The Morgan fingerprint density at radius 1 is 1.37 bits per heavy atom. The SMILES string of the molecule is O=C(NCC1CC1)c1cc(S(=O)(=O)Cl)cn1C1CC1. The van der Waals surface area contributed by atoms with Crippen molar-refractivity contribution in [1.29, 1.82) is 0 Å². The molecule has 0 bridgehead atoms. The summed E-state index contributed by atoms with van der Waals surface area (Å²) in [5.41, 5.74) is 0.391. The lowest BCUT2D eigenvalue weighted by Gasteiger charge is -2.07. The zero-order valence-electron chi connectivity index (χ0n) is 10.3. The number of nitrogens with one attached hydrogen (secondary N) is 1. The predicted octanol–water partition coefficient (Wildman–Crippen LogP) is 1.89. The number of aromatic nitrogens is 1. The summed E-state index contributed by atoms with van der Waals surface area (Å²) in [6, 6.07) is 1.59. The number of rotatable bonds is 5. The summed E-state index contributed by atoms with van der Waals surface area (Å²) >= 11 is 0. The van der Waals surface area contributed by atoms with Crippen molar-refractivity contribution in [3.63, 3.8) is 0 Å². The molecule has 7 heteroatoms. The predicted molar refractivity (Wildman–Crippen MR) is 70.8 cm³/mol. The zero-order valence-corrected chi connectivity index (χ0v) is 11.9. The Balaban J connectivity index is 1.85. The van der Waals surface area contributed by atoms with Crippen molar-refractivity contribution in [3.8, 4) is 0 Å². The van der Waals surface area contributed by atoms with Crippen molar-refractivity contribution in [1.82, 2.24) is 9.88 Å². The molecule has 19 heavy (non-hydrogen) atoms.